The lowest BCUT2D eigenvalue weighted by Crippen LogP contribution is -2.34. The quantitative estimate of drug-likeness (QED) is 0.489. The third kappa shape index (κ3) is 1.18. The first-order valence-corrected chi connectivity index (χ1v) is 4.45. The highest BCUT2D eigenvalue weighted by Crippen LogP contribution is 2.21. The minimum absolute atomic E-state index is 0.241. The van der Waals surface area contributed by atoms with E-state index in [9.17, 15) is 9.59 Å². The van der Waals surface area contributed by atoms with Crippen molar-refractivity contribution in [1.29, 1.82) is 0 Å². The predicted molar refractivity (Wildman–Crippen MR) is 44.3 cm³/mol. The summed E-state index contributed by atoms with van der Waals surface area (Å²) in [5.74, 6) is 0.241. The zero-order valence-electron chi connectivity index (χ0n) is 6.34. The molecule has 60 valence electrons. The molecule has 0 saturated heterocycles. The van der Waals surface area contributed by atoms with E-state index in [1.54, 1.807) is 13.2 Å². The standard InChI is InChI=1S/C7H8O3S/c1-3-10-6-4(8)5(9)7(6)11-2/h3H2,1-2H3. The Morgan fingerprint density at radius 3 is 2.45 bits per heavy atom. The first-order chi connectivity index (χ1) is 5.22. The van der Waals surface area contributed by atoms with Crippen LogP contribution in [0.3, 0.4) is 0 Å². The van der Waals surface area contributed by atoms with Crippen LogP contribution in [0, 0.1) is 0 Å². The molecule has 0 N–H and O–H groups in total. The van der Waals surface area contributed by atoms with Crippen molar-refractivity contribution in [1.82, 2.24) is 0 Å². The van der Waals surface area contributed by atoms with Crippen LogP contribution in [0.4, 0.5) is 0 Å². The third-order valence-electron chi connectivity index (χ3n) is 1.32. The second kappa shape index (κ2) is 3.09. The normalized spacial score (nSPS) is 10.4. The monoisotopic (exact) mass is 172 g/mol. The lowest BCUT2D eigenvalue weighted by atomic mass is 10.3. The summed E-state index contributed by atoms with van der Waals surface area (Å²) in [5.41, 5.74) is -0.905. The Hall–Kier alpha value is -0.770. The number of hydrogen-bond donors (Lipinski definition) is 0. The summed E-state index contributed by atoms with van der Waals surface area (Å²) in [6.07, 6.45) is 1.75. The van der Waals surface area contributed by atoms with Gasteiger partial charge in [-0.05, 0) is 13.2 Å². The van der Waals surface area contributed by atoms with Crippen LogP contribution in [0.25, 0.3) is 0 Å². The van der Waals surface area contributed by atoms with Gasteiger partial charge in [0.2, 0.25) is 5.43 Å². The largest absolute Gasteiger partial charge is 0.488 e. The van der Waals surface area contributed by atoms with E-state index in [1.165, 1.54) is 11.8 Å². The van der Waals surface area contributed by atoms with Crippen LogP contribution in [0.1, 0.15) is 6.92 Å². The molecule has 0 aliphatic rings. The average Bonchev–Trinajstić information content (AvgIpc) is 2.04. The first kappa shape index (κ1) is 8.33. The SMILES string of the molecule is CCOc1c(SC)c(=O)c1=O. The second-order valence-corrected chi connectivity index (χ2v) is 2.77. The Kier molecular flexibility index (Phi) is 2.34. The highest BCUT2D eigenvalue weighted by atomic mass is 32.2. The minimum atomic E-state index is -0.490. The molecule has 1 aromatic rings. The number of ether oxygens (including phenoxy) is 1. The third-order valence-corrected chi connectivity index (χ3v) is 2.10. The van der Waals surface area contributed by atoms with Crippen molar-refractivity contribution in [2.75, 3.05) is 12.9 Å². The Balaban J connectivity index is 2.98. The molecule has 0 saturated carbocycles. The topological polar surface area (TPSA) is 43.4 Å². The van der Waals surface area contributed by atoms with E-state index in [2.05, 4.69) is 0 Å². The van der Waals surface area contributed by atoms with Gasteiger partial charge >= 0.3 is 0 Å². The van der Waals surface area contributed by atoms with Gasteiger partial charge < -0.3 is 4.74 Å². The highest BCUT2D eigenvalue weighted by molar-refractivity contribution is 7.98. The Bertz CT molecular complexity index is 322. The summed E-state index contributed by atoms with van der Waals surface area (Å²) in [5, 5.41) is 0. The van der Waals surface area contributed by atoms with E-state index in [4.69, 9.17) is 4.74 Å². The summed E-state index contributed by atoms with van der Waals surface area (Å²) in [4.78, 5) is 22.0. The molecular formula is C7H8O3S. The van der Waals surface area contributed by atoms with Crippen LogP contribution >= 0.6 is 11.8 Å². The average molecular weight is 172 g/mol. The summed E-state index contributed by atoms with van der Waals surface area (Å²) >= 11 is 1.26. The molecule has 0 bridgehead atoms. The highest BCUT2D eigenvalue weighted by Gasteiger charge is 2.20. The van der Waals surface area contributed by atoms with Crippen molar-refractivity contribution in [3.05, 3.63) is 20.4 Å². The molecule has 0 atom stereocenters. The maximum Gasteiger partial charge on any atom is 0.269 e. The molecule has 3 nitrogen and oxygen atoms in total. The summed E-state index contributed by atoms with van der Waals surface area (Å²) in [7, 11) is 0. The van der Waals surface area contributed by atoms with Gasteiger partial charge in [0.1, 0.15) is 4.90 Å². The fourth-order valence-corrected chi connectivity index (χ4v) is 1.43. The molecular weight excluding hydrogens is 164 g/mol. The van der Waals surface area contributed by atoms with Gasteiger partial charge in [-0.1, -0.05) is 0 Å². The molecule has 0 aromatic heterocycles. The molecule has 0 unspecified atom stereocenters. The Morgan fingerprint density at radius 2 is 2.00 bits per heavy atom. The number of thioether (sulfide) groups is 1. The molecule has 4 heteroatoms. The van der Waals surface area contributed by atoms with E-state index in [-0.39, 0.29) is 5.75 Å². The zero-order valence-corrected chi connectivity index (χ0v) is 7.16. The lowest BCUT2D eigenvalue weighted by molar-refractivity contribution is 0.322. The molecule has 0 heterocycles. The second-order valence-electron chi connectivity index (χ2n) is 1.95. The van der Waals surface area contributed by atoms with E-state index < -0.39 is 10.9 Å². The van der Waals surface area contributed by atoms with E-state index in [1.807, 2.05) is 0 Å². The van der Waals surface area contributed by atoms with Gasteiger partial charge in [-0.2, -0.15) is 0 Å². The van der Waals surface area contributed by atoms with Gasteiger partial charge in [0.15, 0.2) is 5.75 Å². The van der Waals surface area contributed by atoms with Crippen molar-refractivity contribution < 1.29 is 4.74 Å². The summed E-state index contributed by atoms with van der Waals surface area (Å²) in [6, 6.07) is 0. The molecule has 1 rings (SSSR count). The van der Waals surface area contributed by atoms with Crippen LogP contribution in [0.2, 0.25) is 0 Å². The number of rotatable bonds is 3. The number of hydrogen-bond acceptors (Lipinski definition) is 4. The van der Waals surface area contributed by atoms with Crippen molar-refractivity contribution >= 4 is 11.8 Å². The minimum Gasteiger partial charge on any atom is -0.488 e. The lowest BCUT2D eigenvalue weighted by Gasteiger charge is -2.07. The first-order valence-electron chi connectivity index (χ1n) is 3.22. The molecule has 11 heavy (non-hydrogen) atoms. The fourth-order valence-electron chi connectivity index (χ4n) is 0.811. The van der Waals surface area contributed by atoms with Crippen LogP contribution in [0.5, 0.6) is 5.75 Å². The predicted octanol–water partition coefficient (Wildman–Crippen LogP) is 0.403. The van der Waals surface area contributed by atoms with Crippen LogP contribution in [0.15, 0.2) is 14.5 Å². The maximum atomic E-state index is 10.8. The maximum absolute atomic E-state index is 10.8. The molecule has 1 aromatic carbocycles. The molecule has 0 aliphatic heterocycles. The Morgan fingerprint density at radius 1 is 1.36 bits per heavy atom. The smallest absolute Gasteiger partial charge is 0.269 e. The molecule has 0 fully saturated rings. The van der Waals surface area contributed by atoms with E-state index >= 15 is 0 Å². The molecule has 0 aliphatic carbocycles. The molecule has 0 amide bonds. The van der Waals surface area contributed by atoms with Gasteiger partial charge in [0, 0.05) is 0 Å². The van der Waals surface area contributed by atoms with E-state index in [0.29, 0.717) is 11.5 Å². The molecule has 0 spiro atoms. The van der Waals surface area contributed by atoms with E-state index in [0.717, 1.165) is 0 Å². The fraction of sp³-hybridized carbons (Fsp3) is 0.429. The molecule has 0 radical (unpaired) electrons. The zero-order chi connectivity index (χ0) is 8.43. The van der Waals surface area contributed by atoms with Crippen LogP contribution in [-0.4, -0.2) is 12.9 Å². The van der Waals surface area contributed by atoms with Crippen molar-refractivity contribution in [2.45, 2.75) is 11.8 Å². The van der Waals surface area contributed by atoms with Gasteiger partial charge in [-0.15, -0.1) is 11.8 Å². The van der Waals surface area contributed by atoms with Gasteiger partial charge in [0.05, 0.1) is 6.61 Å². The Labute approximate surface area is 68.1 Å². The van der Waals surface area contributed by atoms with Gasteiger partial charge in [-0.25, -0.2) is 0 Å². The van der Waals surface area contributed by atoms with Gasteiger partial charge in [0.25, 0.3) is 5.43 Å². The van der Waals surface area contributed by atoms with Crippen molar-refractivity contribution in [2.24, 2.45) is 0 Å². The van der Waals surface area contributed by atoms with Crippen LogP contribution < -0.4 is 15.6 Å². The van der Waals surface area contributed by atoms with Crippen molar-refractivity contribution in [3.8, 4) is 5.75 Å². The van der Waals surface area contributed by atoms with Gasteiger partial charge in [-0.3, -0.25) is 9.59 Å². The summed E-state index contributed by atoms with van der Waals surface area (Å²) < 4.78 is 4.95. The van der Waals surface area contributed by atoms with Crippen LogP contribution in [-0.2, 0) is 0 Å². The van der Waals surface area contributed by atoms with Crippen molar-refractivity contribution in [3.63, 3.8) is 0 Å². The summed E-state index contributed by atoms with van der Waals surface area (Å²) in [6.45, 7) is 2.21.